The van der Waals surface area contributed by atoms with E-state index in [4.69, 9.17) is 9.84 Å². The molecule has 1 saturated heterocycles. The van der Waals surface area contributed by atoms with Crippen molar-refractivity contribution < 1.29 is 19.4 Å². The third kappa shape index (κ3) is 4.73. The van der Waals surface area contributed by atoms with Gasteiger partial charge in [-0.25, -0.2) is 0 Å². The van der Waals surface area contributed by atoms with Crippen molar-refractivity contribution in [2.75, 3.05) is 19.7 Å². The number of rotatable bonds is 5. The molecule has 98 valence electrons. The van der Waals surface area contributed by atoms with Crippen molar-refractivity contribution in [1.82, 2.24) is 4.90 Å². The zero-order chi connectivity index (χ0) is 12.8. The first-order valence-electron chi connectivity index (χ1n) is 6.13. The van der Waals surface area contributed by atoms with Crippen LogP contribution < -0.4 is 0 Å². The predicted molar refractivity (Wildman–Crippen MR) is 62.6 cm³/mol. The molecule has 0 unspecified atom stereocenters. The van der Waals surface area contributed by atoms with Crippen molar-refractivity contribution in [3.63, 3.8) is 0 Å². The Balaban J connectivity index is 2.21. The minimum absolute atomic E-state index is 0.0412. The van der Waals surface area contributed by atoms with Gasteiger partial charge in [0.15, 0.2) is 0 Å². The van der Waals surface area contributed by atoms with Gasteiger partial charge in [0.1, 0.15) is 0 Å². The van der Waals surface area contributed by atoms with Crippen molar-refractivity contribution in [3.8, 4) is 0 Å². The van der Waals surface area contributed by atoms with Crippen molar-refractivity contribution in [2.24, 2.45) is 5.92 Å². The molecule has 0 aliphatic carbocycles. The van der Waals surface area contributed by atoms with E-state index < -0.39 is 5.97 Å². The summed E-state index contributed by atoms with van der Waals surface area (Å²) in [6.07, 6.45) is 1.76. The van der Waals surface area contributed by atoms with E-state index in [0.29, 0.717) is 0 Å². The number of likely N-dealkylation sites (tertiary alicyclic amines) is 1. The Morgan fingerprint density at radius 1 is 1.35 bits per heavy atom. The van der Waals surface area contributed by atoms with Gasteiger partial charge >= 0.3 is 5.97 Å². The number of nitrogens with zero attached hydrogens (tertiary/aromatic N) is 1. The number of hydrogen-bond donors (Lipinski definition) is 1. The van der Waals surface area contributed by atoms with Crippen LogP contribution in [0.3, 0.4) is 0 Å². The molecule has 0 aromatic carbocycles. The molecule has 1 N–H and O–H groups in total. The van der Waals surface area contributed by atoms with Crippen LogP contribution in [0.4, 0.5) is 0 Å². The van der Waals surface area contributed by atoms with Crippen LogP contribution in [-0.2, 0) is 14.3 Å². The van der Waals surface area contributed by atoms with Crippen LogP contribution in [0.25, 0.3) is 0 Å². The standard InChI is InChI=1S/C12H21NO4/c1-9(2)12(16)13-6-3-10(4-7-13)17-8-5-11(14)15/h9-10H,3-8H2,1-2H3,(H,14,15). The quantitative estimate of drug-likeness (QED) is 0.786. The molecule has 0 aromatic rings. The highest BCUT2D eigenvalue weighted by atomic mass is 16.5. The van der Waals surface area contributed by atoms with E-state index in [1.807, 2.05) is 18.7 Å². The number of carboxylic acids is 1. The highest BCUT2D eigenvalue weighted by molar-refractivity contribution is 5.78. The van der Waals surface area contributed by atoms with E-state index in [2.05, 4.69) is 0 Å². The van der Waals surface area contributed by atoms with Gasteiger partial charge in [-0.1, -0.05) is 13.8 Å². The summed E-state index contributed by atoms with van der Waals surface area (Å²) >= 11 is 0. The molecule has 1 rings (SSSR count). The van der Waals surface area contributed by atoms with E-state index in [-0.39, 0.29) is 31.0 Å². The molecule has 17 heavy (non-hydrogen) atoms. The summed E-state index contributed by atoms with van der Waals surface area (Å²) in [7, 11) is 0. The number of piperidine rings is 1. The fourth-order valence-electron chi connectivity index (χ4n) is 1.92. The highest BCUT2D eigenvalue weighted by Crippen LogP contribution is 2.15. The van der Waals surface area contributed by atoms with Gasteiger partial charge in [-0.3, -0.25) is 9.59 Å². The van der Waals surface area contributed by atoms with Crippen LogP contribution in [0.2, 0.25) is 0 Å². The molecule has 0 aromatic heterocycles. The minimum Gasteiger partial charge on any atom is -0.481 e. The number of carbonyl (C=O) groups is 2. The topological polar surface area (TPSA) is 66.8 Å². The summed E-state index contributed by atoms with van der Waals surface area (Å²) in [5, 5.41) is 8.49. The maximum atomic E-state index is 11.7. The van der Waals surface area contributed by atoms with Crippen LogP contribution in [-0.4, -0.2) is 47.7 Å². The molecule has 1 aliphatic rings. The van der Waals surface area contributed by atoms with Crippen LogP contribution in [0.15, 0.2) is 0 Å². The number of carboxylic acid groups (broad SMARTS) is 1. The Morgan fingerprint density at radius 3 is 2.41 bits per heavy atom. The van der Waals surface area contributed by atoms with Gasteiger partial charge in [0.25, 0.3) is 0 Å². The number of hydrogen-bond acceptors (Lipinski definition) is 3. The summed E-state index contributed by atoms with van der Waals surface area (Å²) in [6.45, 7) is 5.50. The molecule has 1 amide bonds. The lowest BCUT2D eigenvalue weighted by Crippen LogP contribution is -2.42. The first-order chi connectivity index (χ1) is 8.00. The molecule has 5 heteroatoms. The molecule has 0 atom stereocenters. The predicted octanol–water partition coefficient (Wildman–Crippen LogP) is 1.12. The summed E-state index contributed by atoms with van der Waals surface area (Å²) < 4.78 is 5.46. The summed E-state index contributed by atoms with van der Waals surface area (Å²) in [5.41, 5.74) is 0. The average molecular weight is 243 g/mol. The maximum Gasteiger partial charge on any atom is 0.305 e. The van der Waals surface area contributed by atoms with E-state index in [1.54, 1.807) is 0 Å². The van der Waals surface area contributed by atoms with E-state index in [0.717, 1.165) is 25.9 Å². The number of ether oxygens (including phenoxy) is 1. The molecule has 1 heterocycles. The Labute approximate surface area is 102 Å². The monoisotopic (exact) mass is 243 g/mol. The second-order valence-electron chi connectivity index (χ2n) is 4.69. The van der Waals surface area contributed by atoms with Gasteiger partial charge in [-0.15, -0.1) is 0 Å². The SMILES string of the molecule is CC(C)C(=O)N1CCC(OCCC(=O)O)CC1. The van der Waals surface area contributed by atoms with Gasteiger partial charge in [0, 0.05) is 19.0 Å². The third-order valence-electron chi connectivity index (χ3n) is 2.92. The average Bonchev–Trinajstić information content (AvgIpc) is 2.28. The summed E-state index contributed by atoms with van der Waals surface area (Å²) in [6, 6.07) is 0. The molecule has 1 aliphatic heterocycles. The second kappa shape index (κ2) is 6.59. The Hall–Kier alpha value is -1.10. The van der Waals surface area contributed by atoms with Crippen molar-refractivity contribution in [3.05, 3.63) is 0 Å². The van der Waals surface area contributed by atoms with Crippen LogP contribution in [0, 0.1) is 5.92 Å². The van der Waals surface area contributed by atoms with Gasteiger partial charge in [-0.2, -0.15) is 0 Å². The lowest BCUT2D eigenvalue weighted by Gasteiger charge is -2.32. The third-order valence-corrected chi connectivity index (χ3v) is 2.92. The van der Waals surface area contributed by atoms with Gasteiger partial charge in [0.05, 0.1) is 19.1 Å². The Morgan fingerprint density at radius 2 is 1.94 bits per heavy atom. The minimum atomic E-state index is -0.836. The molecule has 0 bridgehead atoms. The normalized spacial score (nSPS) is 17.5. The Kier molecular flexibility index (Phi) is 5.41. The number of carbonyl (C=O) groups excluding carboxylic acids is 1. The fraction of sp³-hybridized carbons (Fsp3) is 0.833. The molecular formula is C12H21NO4. The largest absolute Gasteiger partial charge is 0.481 e. The van der Waals surface area contributed by atoms with E-state index >= 15 is 0 Å². The molecule has 0 spiro atoms. The molecule has 5 nitrogen and oxygen atoms in total. The van der Waals surface area contributed by atoms with Gasteiger partial charge in [0.2, 0.25) is 5.91 Å². The van der Waals surface area contributed by atoms with Crippen molar-refractivity contribution >= 4 is 11.9 Å². The molecular weight excluding hydrogens is 222 g/mol. The second-order valence-corrected chi connectivity index (χ2v) is 4.69. The summed E-state index contributed by atoms with van der Waals surface area (Å²) in [5.74, 6) is -0.606. The van der Waals surface area contributed by atoms with Crippen molar-refractivity contribution in [1.29, 1.82) is 0 Å². The Bertz CT molecular complexity index is 270. The lowest BCUT2D eigenvalue weighted by molar-refractivity contribution is -0.139. The van der Waals surface area contributed by atoms with Crippen LogP contribution in [0.1, 0.15) is 33.1 Å². The summed E-state index contributed by atoms with van der Waals surface area (Å²) in [4.78, 5) is 23.9. The zero-order valence-electron chi connectivity index (χ0n) is 10.5. The van der Waals surface area contributed by atoms with Crippen LogP contribution in [0.5, 0.6) is 0 Å². The molecule has 0 saturated carbocycles. The van der Waals surface area contributed by atoms with Gasteiger partial charge < -0.3 is 14.7 Å². The molecule has 1 fully saturated rings. The maximum absolute atomic E-state index is 11.7. The first kappa shape index (κ1) is 14.0. The zero-order valence-corrected chi connectivity index (χ0v) is 10.5. The fourth-order valence-corrected chi connectivity index (χ4v) is 1.92. The number of aliphatic carboxylic acids is 1. The van der Waals surface area contributed by atoms with Crippen molar-refractivity contribution in [2.45, 2.75) is 39.2 Å². The smallest absolute Gasteiger partial charge is 0.305 e. The highest BCUT2D eigenvalue weighted by Gasteiger charge is 2.24. The first-order valence-corrected chi connectivity index (χ1v) is 6.13. The van der Waals surface area contributed by atoms with E-state index in [1.165, 1.54) is 0 Å². The van der Waals surface area contributed by atoms with Crippen LogP contribution >= 0.6 is 0 Å². The lowest BCUT2D eigenvalue weighted by atomic mass is 10.1. The molecule has 0 radical (unpaired) electrons. The number of amides is 1. The van der Waals surface area contributed by atoms with Gasteiger partial charge in [-0.05, 0) is 12.8 Å². The van der Waals surface area contributed by atoms with E-state index in [9.17, 15) is 9.59 Å².